The molecular formula is C7H8N3O3P. The number of hydrogen-bond acceptors (Lipinski definition) is 3. The van der Waals surface area contributed by atoms with Crippen molar-refractivity contribution < 1.29 is 14.4 Å². The van der Waals surface area contributed by atoms with E-state index in [1.165, 1.54) is 24.3 Å². The molecule has 0 aromatic heterocycles. The quantitative estimate of drug-likeness (QED) is 0.432. The number of nitrogens with one attached hydrogen (secondary N) is 2. The van der Waals surface area contributed by atoms with Crippen molar-refractivity contribution in [2.75, 3.05) is 5.43 Å². The summed E-state index contributed by atoms with van der Waals surface area (Å²) in [7, 11) is -4.28. The van der Waals surface area contributed by atoms with Crippen LogP contribution in [-0.4, -0.2) is 9.79 Å². The first kappa shape index (κ1) is 10.7. The van der Waals surface area contributed by atoms with Gasteiger partial charge in [-0.3, -0.25) is 0 Å². The number of nitriles is 1. The summed E-state index contributed by atoms with van der Waals surface area (Å²) in [6.07, 6.45) is 0. The maximum absolute atomic E-state index is 10.4. The Balaban J connectivity index is 2.62. The monoisotopic (exact) mass is 213 g/mol. The van der Waals surface area contributed by atoms with E-state index in [1.54, 1.807) is 0 Å². The third kappa shape index (κ3) is 3.56. The van der Waals surface area contributed by atoms with Crippen LogP contribution in [0.15, 0.2) is 24.3 Å². The van der Waals surface area contributed by atoms with Gasteiger partial charge in [-0.05, 0) is 24.3 Å². The lowest BCUT2D eigenvalue weighted by molar-refractivity contribution is 0.362. The zero-order valence-corrected chi connectivity index (χ0v) is 7.90. The molecule has 4 N–H and O–H groups in total. The summed E-state index contributed by atoms with van der Waals surface area (Å²) in [5.74, 6) is 0. The minimum atomic E-state index is -4.28. The summed E-state index contributed by atoms with van der Waals surface area (Å²) in [6, 6.07) is 8.05. The Labute approximate surface area is 80.4 Å². The Morgan fingerprint density at radius 3 is 2.29 bits per heavy atom. The van der Waals surface area contributed by atoms with Gasteiger partial charge in [-0.1, -0.05) is 0 Å². The van der Waals surface area contributed by atoms with E-state index in [4.69, 9.17) is 15.0 Å². The molecule has 1 rings (SSSR count). The highest BCUT2D eigenvalue weighted by Crippen LogP contribution is 2.27. The molecule has 0 bridgehead atoms. The maximum Gasteiger partial charge on any atom is 0.417 e. The predicted molar refractivity (Wildman–Crippen MR) is 50.0 cm³/mol. The summed E-state index contributed by atoms with van der Waals surface area (Å²) in [5.41, 5.74) is 3.26. The minimum absolute atomic E-state index is 0.465. The normalized spacial score (nSPS) is 10.6. The van der Waals surface area contributed by atoms with Gasteiger partial charge in [0.15, 0.2) is 0 Å². The zero-order valence-electron chi connectivity index (χ0n) is 7.01. The Morgan fingerprint density at radius 1 is 1.29 bits per heavy atom. The van der Waals surface area contributed by atoms with Crippen LogP contribution in [0.1, 0.15) is 5.56 Å². The van der Waals surface area contributed by atoms with Gasteiger partial charge in [-0.15, -0.1) is 5.20 Å². The molecule has 0 atom stereocenters. The van der Waals surface area contributed by atoms with Crippen LogP contribution in [0.4, 0.5) is 5.69 Å². The Kier molecular flexibility index (Phi) is 3.23. The average Bonchev–Trinajstić information content (AvgIpc) is 2.14. The van der Waals surface area contributed by atoms with Crippen molar-refractivity contribution in [3.8, 4) is 6.07 Å². The summed E-state index contributed by atoms with van der Waals surface area (Å²) in [6.45, 7) is 0. The van der Waals surface area contributed by atoms with Crippen molar-refractivity contribution in [3.63, 3.8) is 0 Å². The fourth-order valence-corrected chi connectivity index (χ4v) is 1.04. The predicted octanol–water partition coefficient (Wildman–Crippen LogP) is 0.567. The molecule has 0 spiro atoms. The molecule has 0 saturated carbocycles. The molecule has 0 heterocycles. The van der Waals surface area contributed by atoms with Crippen LogP contribution in [0.5, 0.6) is 0 Å². The Bertz CT molecular complexity index is 392. The number of rotatable bonds is 3. The van der Waals surface area contributed by atoms with Crippen LogP contribution in [0.3, 0.4) is 0 Å². The standard InChI is InChI=1S/C7H8N3O3P/c8-5-6-1-3-7(4-2-6)9-10-14(11,12)13/h1-4,9H,(H3,10,11,12,13). The van der Waals surface area contributed by atoms with Gasteiger partial charge in [0.1, 0.15) is 0 Å². The lowest BCUT2D eigenvalue weighted by Crippen LogP contribution is -2.17. The Morgan fingerprint density at radius 2 is 1.86 bits per heavy atom. The van der Waals surface area contributed by atoms with Gasteiger partial charge >= 0.3 is 7.75 Å². The number of anilines is 1. The molecule has 0 aliphatic carbocycles. The van der Waals surface area contributed by atoms with Crippen LogP contribution >= 0.6 is 7.75 Å². The molecule has 1 aromatic rings. The summed E-state index contributed by atoms with van der Waals surface area (Å²) in [4.78, 5) is 16.9. The molecule has 14 heavy (non-hydrogen) atoms. The second-order valence-corrected chi connectivity index (χ2v) is 3.78. The van der Waals surface area contributed by atoms with E-state index in [9.17, 15) is 4.57 Å². The second-order valence-electron chi connectivity index (χ2n) is 2.47. The van der Waals surface area contributed by atoms with E-state index >= 15 is 0 Å². The molecule has 0 aliphatic heterocycles. The van der Waals surface area contributed by atoms with Gasteiger partial charge in [0.25, 0.3) is 0 Å². The maximum atomic E-state index is 10.4. The van der Waals surface area contributed by atoms with E-state index in [-0.39, 0.29) is 0 Å². The van der Waals surface area contributed by atoms with Gasteiger partial charge in [0.2, 0.25) is 0 Å². The lowest BCUT2D eigenvalue weighted by atomic mass is 10.2. The van der Waals surface area contributed by atoms with Crippen molar-refractivity contribution >= 4 is 13.4 Å². The highest BCUT2D eigenvalue weighted by molar-refractivity contribution is 7.49. The minimum Gasteiger partial charge on any atom is -0.312 e. The third-order valence-electron chi connectivity index (χ3n) is 1.36. The summed E-state index contributed by atoms with van der Waals surface area (Å²) >= 11 is 0. The molecule has 0 saturated heterocycles. The fourth-order valence-electron chi connectivity index (χ4n) is 0.765. The van der Waals surface area contributed by atoms with Gasteiger partial charge < -0.3 is 15.2 Å². The van der Waals surface area contributed by atoms with Gasteiger partial charge in [-0.25, -0.2) is 4.57 Å². The fraction of sp³-hybridized carbons (Fsp3) is 0. The molecule has 1 aromatic carbocycles. The molecule has 0 radical (unpaired) electrons. The van der Waals surface area contributed by atoms with Gasteiger partial charge in [-0.2, -0.15) is 5.26 Å². The third-order valence-corrected chi connectivity index (χ3v) is 1.76. The molecule has 7 heteroatoms. The molecular weight excluding hydrogens is 205 g/mol. The molecule has 0 amide bonds. The highest BCUT2D eigenvalue weighted by atomic mass is 31.2. The Hall–Kier alpha value is -1.38. The van der Waals surface area contributed by atoms with Crippen molar-refractivity contribution in [1.82, 2.24) is 5.20 Å². The largest absolute Gasteiger partial charge is 0.417 e. The van der Waals surface area contributed by atoms with E-state index in [0.717, 1.165) is 0 Å². The molecule has 74 valence electrons. The zero-order chi connectivity index (χ0) is 10.6. The van der Waals surface area contributed by atoms with Crippen molar-refractivity contribution in [2.24, 2.45) is 0 Å². The van der Waals surface area contributed by atoms with E-state index in [2.05, 4.69) is 5.43 Å². The summed E-state index contributed by atoms with van der Waals surface area (Å²) < 4.78 is 10.4. The van der Waals surface area contributed by atoms with Gasteiger partial charge in [0.05, 0.1) is 11.6 Å². The van der Waals surface area contributed by atoms with E-state index in [0.29, 0.717) is 11.3 Å². The van der Waals surface area contributed by atoms with Crippen LogP contribution < -0.4 is 10.6 Å². The smallest absolute Gasteiger partial charge is 0.312 e. The van der Waals surface area contributed by atoms with E-state index < -0.39 is 7.75 Å². The number of benzene rings is 1. The molecule has 0 aliphatic rings. The molecule has 6 nitrogen and oxygen atoms in total. The summed E-state index contributed by atoms with van der Waals surface area (Å²) in [5, 5.41) is 10.3. The number of hydrogen-bond donors (Lipinski definition) is 4. The van der Waals surface area contributed by atoms with Crippen molar-refractivity contribution in [3.05, 3.63) is 29.8 Å². The SMILES string of the molecule is N#Cc1ccc(NNP(=O)(O)O)cc1. The lowest BCUT2D eigenvalue weighted by Gasteiger charge is -2.08. The van der Waals surface area contributed by atoms with Crippen LogP contribution in [-0.2, 0) is 4.57 Å². The molecule has 0 unspecified atom stereocenters. The van der Waals surface area contributed by atoms with Crippen molar-refractivity contribution in [2.45, 2.75) is 0 Å². The number of hydrazine groups is 1. The van der Waals surface area contributed by atoms with Crippen molar-refractivity contribution in [1.29, 1.82) is 5.26 Å². The molecule has 0 fully saturated rings. The topological polar surface area (TPSA) is 105 Å². The number of nitrogens with zero attached hydrogens (tertiary/aromatic N) is 1. The second kappa shape index (κ2) is 4.22. The van der Waals surface area contributed by atoms with Crippen LogP contribution in [0.25, 0.3) is 0 Å². The first-order valence-corrected chi connectivity index (χ1v) is 5.21. The first-order valence-electron chi connectivity index (χ1n) is 3.60. The average molecular weight is 213 g/mol. The van der Waals surface area contributed by atoms with Gasteiger partial charge in [0, 0.05) is 5.69 Å². The van der Waals surface area contributed by atoms with E-state index in [1.807, 2.05) is 11.3 Å². The first-order chi connectivity index (χ1) is 6.51. The van der Waals surface area contributed by atoms with Crippen LogP contribution in [0, 0.1) is 11.3 Å². The van der Waals surface area contributed by atoms with Crippen LogP contribution in [0.2, 0.25) is 0 Å². The highest BCUT2D eigenvalue weighted by Gasteiger charge is 2.10.